The predicted molar refractivity (Wildman–Crippen MR) is 93.0 cm³/mol. The Kier molecular flexibility index (Phi) is 2.90. The third-order valence-corrected chi connectivity index (χ3v) is 4.22. The fraction of sp³-hybridized carbons (Fsp3) is 0.100. The summed E-state index contributed by atoms with van der Waals surface area (Å²) in [4.78, 5) is 2.19. The van der Waals surface area contributed by atoms with Gasteiger partial charge in [-0.25, -0.2) is 0 Å². The lowest BCUT2D eigenvalue weighted by atomic mass is 10.1. The molecule has 4 rings (SSSR count). The first kappa shape index (κ1) is 13.0. The van der Waals surface area contributed by atoms with Crippen molar-refractivity contribution in [3.05, 3.63) is 72.3 Å². The molecular weight excluding hydrogens is 270 g/mol. The average Bonchev–Trinajstić information content (AvgIpc) is 2.93. The SMILES string of the molecule is Cc1ccccc1N(C)c1cccc2c1oc1ccccc12. The number of para-hydroxylation sites is 3. The minimum Gasteiger partial charge on any atom is -0.454 e. The lowest BCUT2D eigenvalue weighted by molar-refractivity contribution is 0.668. The number of benzene rings is 3. The second-order valence-electron chi connectivity index (χ2n) is 5.60. The Hall–Kier alpha value is -2.74. The van der Waals surface area contributed by atoms with Gasteiger partial charge in [-0.1, -0.05) is 48.5 Å². The summed E-state index contributed by atoms with van der Waals surface area (Å²) in [5.41, 5.74) is 5.40. The van der Waals surface area contributed by atoms with E-state index in [2.05, 4.69) is 73.5 Å². The molecule has 0 aliphatic rings. The number of fused-ring (bicyclic) bond motifs is 3. The predicted octanol–water partition coefficient (Wildman–Crippen LogP) is 5.66. The molecular formula is C20H17NO. The van der Waals surface area contributed by atoms with Crippen LogP contribution in [0.2, 0.25) is 0 Å². The zero-order valence-corrected chi connectivity index (χ0v) is 12.7. The standard InChI is InChI=1S/C20H17NO/c1-14-8-3-5-11-17(14)21(2)18-12-7-10-16-15-9-4-6-13-19(15)22-20(16)18/h3-13H,1-2H3. The van der Waals surface area contributed by atoms with Gasteiger partial charge in [-0.05, 0) is 30.7 Å². The van der Waals surface area contributed by atoms with E-state index in [4.69, 9.17) is 4.42 Å². The molecule has 0 aliphatic heterocycles. The van der Waals surface area contributed by atoms with Crippen molar-refractivity contribution in [3.63, 3.8) is 0 Å². The summed E-state index contributed by atoms with van der Waals surface area (Å²) in [6, 6.07) is 22.9. The molecule has 0 fully saturated rings. The monoisotopic (exact) mass is 287 g/mol. The number of nitrogens with zero attached hydrogens (tertiary/aromatic N) is 1. The van der Waals surface area contributed by atoms with E-state index in [0.29, 0.717) is 0 Å². The van der Waals surface area contributed by atoms with E-state index in [1.54, 1.807) is 0 Å². The van der Waals surface area contributed by atoms with Gasteiger partial charge in [0.2, 0.25) is 0 Å². The third kappa shape index (κ3) is 1.88. The molecule has 2 heteroatoms. The van der Waals surface area contributed by atoms with Crippen LogP contribution in [0, 0.1) is 6.92 Å². The maximum absolute atomic E-state index is 6.12. The average molecular weight is 287 g/mol. The molecule has 0 atom stereocenters. The van der Waals surface area contributed by atoms with Crippen LogP contribution < -0.4 is 4.90 Å². The summed E-state index contributed by atoms with van der Waals surface area (Å²) >= 11 is 0. The number of hydrogen-bond donors (Lipinski definition) is 0. The van der Waals surface area contributed by atoms with E-state index >= 15 is 0 Å². The highest BCUT2D eigenvalue weighted by atomic mass is 16.3. The Morgan fingerprint density at radius 2 is 1.41 bits per heavy atom. The zero-order chi connectivity index (χ0) is 15.1. The Morgan fingerprint density at radius 3 is 2.27 bits per heavy atom. The van der Waals surface area contributed by atoms with E-state index < -0.39 is 0 Å². The molecule has 0 N–H and O–H groups in total. The fourth-order valence-corrected chi connectivity index (χ4v) is 3.07. The van der Waals surface area contributed by atoms with Crippen LogP contribution in [0.1, 0.15) is 5.56 Å². The molecule has 108 valence electrons. The van der Waals surface area contributed by atoms with Gasteiger partial charge in [0.15, 0.2) is 5.58 Å². The van der Waals surface area contributed by atoms with Crippen molar-refractivity contribution >= 4 is 33.3 Å². The number of furan rings is 1. The van der Waals surface area contributed by atoms with Crippen molar-refractivity contribution in [1.82, 2.24) is 0 Å². The molecule has 2 nitrogen and oxygen atoms in total. The first-order valence-corrected chi connectivity index (χ1v) is 7.45. The van der Waals surface area contributed by atoms with Gasteiger partial charge in [-0.3, -0.25) is 0 Å². The number of aryl methyl sites for hydroxylation is 1. The molecule has 0 amide bonds. The first-order valence-electron chi connectivity index (χ1n) is 7.45. The van der Waals surface area contributed by atoms with Crippen LogP contribution in [-0.2, 0) is 0 Å². The van der Waals surface area contributed by atoms with Gasteiger partial charge in [0.05, 0.1) is 5.69 Å². The van der Waals surface area contributed by atoms with Crippen molar-refractivity contribution in [3.8, 4) is 0 Å². The molecule has 3 aromatic carbocycles. The highest BCUT2D eigenvalue weighted by molar-refractivity contribution is 6.09. The van der Waals surface area contributed by atoms with Crippen LogP contribution in [0.5, 0.6) is 0 Å². The van der Waals surface area contributed by atoms with Crippen LogP contribution in [0.3, 0.4) is 0 Å². The Labute approximate surface area is 129 Å². The van der Waals surface area contributed by atoms with Crippen LogP contribution in [0.4, 0.5) is 11.4 Å². The summed E-state index contributed by atoms with van der Waals surface area (Å²) < 4.78 is 6.12. The van der Waals surface area contributed by atoms with Gasteiger partial charge in [-0.15, -0.1) is 0 Å². The van der Waals surface area contributed by atoms with Crippen molar-refractivity contribution in [2.75, 3.05) is 11.9 Å². The quantitative estimate of drug-likeness (QED) is 0.473. The summed E-state index contributed by atoms with van der Waals surface area (Å²) in [5.74, 6) is 0. The summed E-state index contributed by atoms with van der Waals surface area (Å²) in [6.07, 6.45) is 0. The van der Waals surface area contributed by atoms with Gasteiger partial charge in [-0.2, -0.15) is 0 Å². The topological polar surface area (TPSA) is 16.4 Å². The molecule has 0 saturated heterocycles. The Bertz CT molecular complexity index is 968. The number of hydrogen-bond acceptors (Lipinski definition) is 2. The van der Waals surface area contributed by atoms with Crippen molar-refractivity contribution in [2.45, 2.75) is 6.92 Å². The van der Waals surface area contributed by atoms with Crippen LogP contribution in [0.15, 0.2) is 71.1 Å². The maximum atomic E-state index is 6.12. The lowest BCUT2D eigenvalue weighted by Crippen LogP contribution is -2.10. The highest BCUT2D eigenvalue weighted by Gasteiger charge is 2.14. The van der Waals surface area contributed by atoms with E-state index in [1.165, 1.54) is 11.3 Å². The third-order valence-electron chi connectivity index (χ3n) is 4.22. The zero-order valence-electron chi connectivity index (χ0n) is 12.7. The van der Waals surface area contributed by atoms with Crippen molar-refractivity contribution in [1.29, 1.82) is 0 Å². The van der Waals surface area contributed by atoms with Crippen molar-refractivity contribution < 1.29 is 4.42 Å². The van der Waals surface area contributed by atoms with Crippen LogP contribution in [0.25, 0.3) is 21.9 Å². The molecule has 22 heavy (non-hydrogen) atoms. The summed E-state index contributed by atoms with van der Waals surface area (Å²) in [6.45, 7) is 2.13. The van der Waals surface area contributed by atoms with Gasteiger partial charge in [0.1, 0.15) is 5.58 Å². The molecule has 0 unspecified atom stereocenters. The van der Waals surface area contributed by atoms with Crippen LogP contribution >= 0.6 is 0 Å². The smallest absolute Gasteiger partial charge is 0.159 e. The first-order chi connectivity index (χ1) is 10.8. The fourth-order valence-electron chi connectivity index (χ4n) is 3.07. The van der Waals surface area contributed by atoms with E-state index in [-0.39, 0.29) is 0 Å². The van der Waals surface area contributed by atoms with Gasteiger partial charge >= 0.3 is 0 Å². The molecule has 0 aliphatic carbocycles. The van der Waals surface area contributed by atoms with Gasteiger partial charge in [0, 0.05) is 23.5 Å². The summed E-state index contributed by atoms with van der Waals surface area (Å²) in [7, 11) is 2.09. The lowest BCUT2D eigenvalue weighted by Gasteiger charge is -2.21. The van der Waals surface area contributed by atoms with E-state index in [9.17, 15) is 0 Å². The molecule has 1 aromatic heterocycles. The Balaban J connectivity index is 1.97. The number of anilines is 2. The molecule has 1 heterocycles. The normalized spacial score (nSPS) is 11.2. The van der Waals surface area contributed by atoms with Gasteiger partial charge in [0.25, 0.3) is 0 Å². The molecule has 0 bridgehead atoms. The molecule has 0 spiro atoms. The van der Waals surface area contributed by atoms with Gasteiger partial charge < -0.3 is 9.32 Å². The van der Waals surface area contributed by atoms with E-state index in [0.717, 1.165) is 27.6 Å². The molecule has 4 aromatic rings. The minimum atomic E-state index is 0.933. The second kappa shape index (κ2) is 4.92. The number of rotatable bonds is 2. The molecule has 0 radical (unpaired) electrons. The van der Waals surface area contributed by atoms with Crippen LogP contribution in [-0.4, -0.2) is 7.05 Å². The molecule has 0 saturated carbocycles. The maximum Gasteiger partial charge on any atom is 0.159 e. The minimum absolute atomic E-state index is 0.933. The second-order valence-corrected chi connectivity index (χ2v) is 5.60. The largest absolute Gasteiger partial charge is 0.454 e. The van der Waals surface area contributed by atoms with E-state index in [1.807, 2.05) is 12.1 Å². The highest BCUT2D eigenvalue weighted by Crippen LogP contribution is 2.37. The van der Waals surface area contributed by atoms with Crippen molar-refractivity contribution in [2.24, 2.45) is 0 Å². The Morgan fingerprint density at radius 1 is 0.727 bits per heavy atom. The summed E-state index contributed by atoms with van der Waals surface area (Å²) in [5, 5.41) is 2.33.